The highest BCUT2D eigenvalue weighted by molar-refractivity contribution is 5.37. The van der Waals surface area contributed by atoms with Crippen molar-refractivity contribution >= 4 is 5.82 Å². The van der Waals surface area contributed by atoms with E-state index in [2.05, 4.69) is 26.9 Å². The van der Waals surface area contributed by atoms with Gasteiger partial charge in [0.1, 0.15) is 0 Å². The number of nitrogens with two attached hydrogens (primary N) is 1. The molecule has 0 amide bonds. The van der Waals surface area contributed by atoms with Crippen LogP contribution in [0.4, 0.5) is 5.82 Å². The predicted molar refractivity (Wildman–Crippen MR) is 68.9 cm³/mol. The molecule has 2 heterocycles. The zero-order chi connectivity index (χ0) is 12.1. The van der Waals surface area contributed by atoms with Gasteiger partial charge in [0.2, 0.25) is 0 Å². The van der Waals surface area contributed by atoms with Gasteiger partial charge < -0.3 is 10.6 Å². The molecule has 0 aliphatic carbocycles. The van der Waals surface area contributed by atoms with Crippen LogP contribution in [0.25, 0.3) is 0 Å². The third-order valence-electron chi connectivity index (χ3n) is 3.15. The Bertz CT molecular complexity index is 329. The molecule has 1 aromatic rings. The largest absolute Gasteiger partial charge is 0.353 e. The Morgan fingerprint density at radius 2 is 1.94 bits per heavy atom. The van der Waals surface area contributed by atoms with E-state index in [0.717, 1.165) is 37.7 Å². The standard InChI is InChI=1S/C12H21N5/c1-2-5-16-6-8-17(9-7-16)12-4-3-11(10-13)14-15-12/h3-4H,2,5-10,13H2,1H3. The van der Waals surface area contributed by atoms with Gasteiger partial charge in [-0.25, -0.2) is 0 Å². The summed E-state index contributed by atoms with van der Waals surface area (Å²) in [5.74, 6) is 0.971. The highest BCUT2D eigenvalue weighted by Crippen LogP contribution is 2.12. The van der Waals surface area contributed by atoms with Crippen LogP contribution in [0, 0.1) is 0 Å². The molecule has 1 saturated heterocycles. The number of aromatic nitrogens is 2. The molecule has 0 unspecified atom stereocenters. The van der Waals surface area contributed by atoms with Crippen LogP contribution in [0.15, 0.2) is 12.1 Å². The monoisotopic (exact) mass is 235 g/mol. The summed E-state index contributed by atoms with van der Waals surface area (Å²) >= 11 is 0. The Morgan fingerprint density at radius 3 is 2.47 bits per heavy atom. The number of anilines is 1. The maximum atomic E-state index is 5.51. The highest BCUT2D eigenvalue weighted by Gasteiger charge is 2.17. The van der Waals surface area contributed by atoms with Crippen LogP contribution in [-0.2, 0) is 6.54 Å². The van der Waals surface area contributed by atoms with E-state index in [0.29, 0.717) is 6.54 Å². The Hall–Kier alpha value is -1.20. The molecule has 5 heteroatoms. The van der Waals surface area contributed by atoms with E-state index in [-0.39, 0.29) is 0 Å². The summed E-state index contributed by atoms with van der Waals surface area (Å²) in [5, 5.41) is 8.32. The minimum Gasteiger partial charge on any atom is -0.353 e. The first-order valence-corrected chi connectivity index (χ1v) is 6.33. The lowest BCUT2D eigenvalue weighted by atomic mass is 10.3. The summed E-state index contributed by atoms with van der Waals surface area (Å²) in [4.78, 5) is 4.79. The molecular formula is C12H21N5. The molecule has 2 N–H and O–H groups in total. The Labute approximate surface area is 103 Å². The molecule has 0 atom stereocenters. The van der Waals surface area contributed by atoms with Crippen LogP contribution in [0.3, 0.4) is 0 Å². The van der Waals surface area contributed by atoms with Gasteiger partial charge in [-0.15, -0.1) is 5.10 Å². The molecule has 0 spiro atoms. The average molecular weight is 235 g/mol. The molecule has 17 heavy (non-hydrogen) atoms. The average Bonchev–Trinajstić information content (AvgIpc) is 2.40. The molecule has 94 valence electrons. The summed E-state index contributed by atoms with van der Waals surface area (Å²) in [6.45, 7) is 8.20. The lowest BCUT2D eigenvalue weighted by Gasteiger charge is -2.34. The summed E-state index contributed by atoms with van der Waals surface area (Å²) in [6, 6.07) is 3.98. The molecular weight excluding hydrogens is 214 g/mol. The summed E-state index contributed by atoms with van der Waals surface area (Å²) in [7, 11) is 0. The van der Waals surface area contributed by atoms with E-state index >= 15 is 0 Å². The van der Waals surface area contributed by atoms with E-state index < -0.39 is 0 Å². The van der Waals surface area contributed by atoms with Gasteiger partial charge in [0.25, 0.3) is 0 Å². The molecule has 1 aliphatic heterocycles. The highest BCUT2D eigenvalue weighted by atomic mass is 15.3. The maximum absolute atomic E-state index is 5.51. The minimum absolute atomic E-state index is 0.456. The van der Waals surface area contributed by atoms with Crippen molar-refractivity contribution in [2.24, 2.45) is 5.73 Å². The fourth-order valence-electron chi connectivity index (χ4n) is 2.15. The van der Waals surface area contributed by atoms with Gasteiger partial charge in [-0.2, -0.15) is 5.10 Å². The van der Waals surface area contributed by atoms with Crippen molar-refractivity contribution in [1.29, 1.82) is 0 Å². The molecule has 1 aliphatic rings. The number of nitrogens with zero attached hydrogens (tertiary/aromatic N) is 4. The van der Waals surface area contributed by atoms with Gasteiger partial charge in [0.05, 0.1) is 5.69 Å². The fraction of sp³-hybridized carbons (Fsp3) is 0.667. The molecule has 5 nitrogen and oxygen atoms in total. The zero-order valence-corrected chi connectivity index (χ0v) is 10.5. The van der Waals surface area contributed by atoms with Crippen molar-refractivity contribution < 1.29 is 0 Å². The SMILES string of the molecule is CCCN1CCN(c2ccc(CN)nn2)CC1. The first kappa shape index (κ1) is 12.3. The quantitative estimate of drug-likeness (QED) is 0.822. The lowest BCUT2D eigenvalue weighted by molar-refractivity contribution is 0.258. The lowest BCUT2D eigenvalue weighted by Crippen LogP contribution is -2.46. The number of hydrogen-bond acceptors (Lipinski definition) is 5. The zero-order valence-electron chi connectivity index (χ0n) is 10.5. The van der Waals surface area contributed by atoms with E-state index in [9.17, 15) is 0 Å². The second kappa shape index (κ2) is 5.93. The van der Waals surface area contributed by atoms with Gasteiger partial charge in [-0.05, 0) is 25.1 Å². The maximum Gasteiger partial charge on any atom is 0.151 e. The second-order valence-corrected chi connectivity index (χ2v) is 4.42. The smallest absolute Gasteiger partial charge is 0.151 e. The Morgan fingerprint density at radius 1 is 1.18 bits per heavy atom. The topological polar surface area (TPSA) is 58.3 Å². The van der Waals surface area contributed by atoms with Crippen LogP contribution in [-0.4, -0.2) is 47.8 Å². The molecule has 0 aromatic carbocycles. The van der Waals surface area contributed by atoms with Gasteiger partial charge >= 0.3 is 0 Å². The van der Waals surface area contributed by atoms with Crippen LogP contribution in [0.1, 0.15) is 19.0 Å². The van der Waals surface area contributed by atoms with Gasteiger partial charge in [-0.1, -0.05) is 6.92 Å². The van der Waals surface area contributed by atoms with Crippen LogP contribution < -0.4 is 10.6 Å². The summed E-state index contributed by atoms with van der Waals surface area (Å²) < 4.78 is 0. The van der Waals surface area contributed by atoms with Crippen molar-refractivity contribution in [2.45, 2.75) is 19.9 Å². The first-order valence-electron chi connectivity index (χ1n) is 6.33. The molecule has 2 rings (SSSR count). The van der Waals surface area contributed by atoms with Crippen molar-refractivity contribution in [3.05, 3.63) is 17.8 Å². The third-order valence-corrected chi connectivity index (χ3v) is 3.15. The molecule has 1 fully saturated rings. The molecule has 0 saturated carbocycles. The van der Waals surface area contributed by atoms with Crippen LogP contribution >= 0.6 is 0 Å². The van der Waals surface area contributed by atoms with Crippen molar-refractivity contribution in [1.82, 2.24) is 15.1 Å². The van der Waals surface area contributed by atoms with E-state index in [1.54, 1.807) is 0 Å². The number of rotatable bonds is 4. The third kappa shape index (κ3) is 3.14. The number of hydrogen-bond donors (Lipinski definition) is 1. The Balaban J connectivity index is 1.91. The summed E-state index contributed by atoms with van der Waals surface area (Å²) in [6.07, 6.45) is 1.23. The summed E-state index contributed by atoms with van der Waals surface area (Å²) in [5.41, 5.74) is 6.35. The van der Waals surface area contributed by atoms with Gasteiger partial charge in [0.15, 0.2) is 5.82 Å². The number of piperazine rings is 1. The van der Waals surface area contributed by atoms with Crippen LogP contribution in [0.5, 0.6) is 0 Å². The van der Waals surface area contributed by atoms with Crippen molar-refractivity contribution in [3.63, 3.8) is 0 Å². The Kier molecular flexibility index (Phi) is 4.28. The minimum atomic E-state index is 0.456. The first-order chi connectivity index (χ1) is 8.33. The van der Waals surface area contributed by atoms with E-state index in [1.807, 2.05) is 12.1 Å². The predicted octanol–water partition coefficient (Wildman–Crippen LogP) is 0.467. The molecule has 1 aromatic heterocycles. The van der Waals surface area contributed by atoms with Gasteiger partial charge in [0, 0.05) is 32.7 Å². The van der Waals surface area contributed by atoms with Crippen molar-refractivity contribution in [3.8, 4) is 0 Å². The normalized spacial score (nSPS) is 17.4. The van der Waals surface area contributed by atoms with E-state index in [1.165, 1.54) is 13.0 Å². The molecule has 0 radical (unpaired) electrons. The van der Waals surface area contributed by atoms with Crippen molar-refractivity contribution in [2.75, 3.05) is 37.6 Å². The second-order valence-electron chi connectivity index (χ2n) is 4.42. The van der Waals surface area contributed by atoms with Crippen LogP contribution in [0.2, 0.25) is 0 Å². The van der Waals surface area contributed by atoms with Gasteiger partial charge in [-0.3, -0.25) is 4.90 Å². The molecule has 0 bridgehead atoms. The fourth-order valence-corrected chi connectivity index (χ4v) is 2.15. The van der Waals surface area contributed by atoms with E-state index in [4.69, 9.17) is 5.73 Å².